The number of anilines is 3. The Morgan fingerprint density at radius 1 is 0.750 bits per heavy atom. The summed E-state index contributed by atoms with van der Waals surface area (Å²) in [5.74, 6) is -0.625. The van der Waals surface area contributed by atoms with Gasteiger partial charge >= 0.3 is 0 Å². The normalized spacial score (nSPS) is 17.6. The van der Waals surface area contributed by atoms with Gasteiger partial charge in [0.2, 0.25) is 11.8 Å². The van der Waals surface area contributed by atoms with Gasteiger partial charge in [-0.1, -0.05) is 58.0 Å². The van der Waals surface area contributed by atoms with Crippen LogP contribution in [0.2, 0.25) is 0 Å². The van der Waals surface area contributed by atoms with Gasteiger partial charge in [0.05, 0.1) is 7.11 Å². The van der Waals surface area contributed by atoms with E-state index in [0.717, 1.165) is 93.9 Å². The summed E-state index contributed by atoms with van der Waals surface area (Å²) in [6, 6.07) is 29.5. The quantitative estimate of drug-likeness (QED) is 0.0271. The molecule has 0 aliphatic carbocycles. The molecule has 10 rings (SSSR count). The average molecular weight is 1140 g/mol. The number of ether oxygens (including phenoxy) is 3. The van der Waals surface area contributed by atoms with Crippen LogP contribution in [-0.2, 0) is 68.2 Å². The largest absolute Gasteiger partial charge is 0.493 e. The van der Waals surface area contributed by atoms with Crippen LogP contribution in [0.1, 0.15) is 106 Å². The van der Waals surface area contributed by atoms with Crippen LogP contribution in [0.4, 0.5) is 17.1 Å². The van der Waals surface area contributed by atoms with E-state index in [1.54, 1.807) is 13.2 Å². The highest BCUT2D eigenvalue weighted by Crippen LogP contribution is 2.43. The molecule has 6 amide bonds. The van der Waals surface area contributed by atoms with Crippen molar-refractivity contribution in [2.45, 2.75) is 114 Å². The number of imide groups is 1. The fourth-order valence-corrected chi connectivity index (χ4v) is 14.8. The molecule has 5 aromatic rings. The highest BCUT2D eigenvalue weighted by Gasteiger charge is 2.39. The number of rotatable bonds is 21. The van der Waals surface area contributed by atoms with Crippen molar-refractivity contribution in [3.05, 3.63) is 153 Å². The van der Waals surface area contributed by atoms with Crippen LogP contribution >= 0.6 is 21.6 Å². The first-order valence-electron chi connectivity index (χ1n) is 26.8. The van der Waals surface area contributed by atoms with Gasteiger partial charge in [-0.3, -0.25) is 38.2 Å². The van der Waals surface area contributed by atoms with Crippen LogP contribution in [0.3, 0.4) is 0 Å². The summed E-state index contributed by atoms with van der Waals surface area (Å²) in [7, 11) is -0.502. The Morgan fingerprint density at radius 3 is 1.90 bits per heavy atom. The van der Waals surface area contributed by atoms with Gasteiger partial charge in [-0.25, -0.2) is 0 Å². The average Bonchev–Trinajstić information content (AvgIpc) is 4.05. The molecule has 5 aromatic carbocycles. The van der Waals surface area contributed by atoms with Gasteiger partial charge in [0.1, 0.15) is 19.0 Å². The van der Waals surface area contributed by atoms with Crippen LogP contribution in [0.25, 0.3) is 0 Å². The van der Waals surface area contributed by atoms with Crippen molar-refractivity contribution >= 4 is 84.2 Å². The molecule has 0 bridgehead atoms. The van der Waals surface area contributed by atoms with Crippen molar-refractivity contribution in [3.63, 3.8) is 0 Å². The second kappa shape index (κ2) is 23.5. The molecule has 0 radical (unpaired) electrons. The van der Waals surface area contributed by atoms with E-state index >= 15 is 0 Å². The molecule has 1 unspecified atom stereocenters. The standard InChI is InChI=1S/C60H63N5O12S3/c1-36-25-46-39(13-15-44-29-41-9-5-7-11-48(41)64(44)58(46)70)31-50(36)76-34-37-26-38(35-77-52-32-40-14-16-45-30-42-10-6-8-12-49(42)65(45)59(71)47(40)33-51(52)75-4)28-43(27-37)62-54(66)19-21-60(2,3)79-78-24-20-53(80(72,73)74)57(69)61-22-23-63-55(67)17-18-56(63)68/h5-12,17-18,25-28,31-33,44-45,53H,13-16,19-24,29-30,34-35H2,1-4H3,(H,61,69)(H,62,66)(H,72,73,74)/t44-,45-,53?/m1/s1. The number of carbonyl (C=O) groups excluding carboxylic acids is 6. The van der Waals surface area contributed by atoms with Crippen molar-refractivity contribution in [2.24, 2.45) is 0 Å². The molecule has 3 N–H and O–H groups in total. The zero-order chi connectivity index (χ0) is 56.5. The minimum Gasteiger partial charge on any atom is -0.493 e. The Morgan fingerprint density at radius 2 is 1.31 bits per heavy atom. The number of carbonyl (C=O) groups is 6. The third-order valence-electron chi connectivity index (χ3n) is 15.3. The summed E-state index contributed by atoms with van der Waals surface area (Å²) in [5.41, 5.74) is 10.2. The summed E-state index contributed by atoms with van der Waals surface area (Å²) in [6.45, 7) is 5.72. The molecule has 17 nitrogen and oxygen atoms in total. The van der Waals surface area contributed by atoms with Gasteiger partial charge in [-0.2, -0.15) is 8.42 Å². The van der Waals surface area contributed by atoms with Gasteiger partial charge < -0.3 is 34.6 Å². The Labute approximate surface area is 473 Å². The summed E-state index contributed by atoms with van der Waals surface area (Å²) < 4.78 is 52.8. The maximum absolute atomic E-state index is 14.2. The lowest BCUT2D eigenvalue weighted by molar-refractivity contribution is -0.137. The number of nitrogens with zero attached hydrogens (tertiary/aromatic N) is 3. The highest BCUT2D eigenvalue weighted by atomic mass is 33.1. The number of para-hydroxylation sites is 2. The second-order valence-electron chi connectivity index (χ2n) is 21.4. The van der Waals surface area contributed by atoms with E-state index in [2.05, 4.69) is 22.8 Å². The van der Waals surface area contributed by atoms with Crippen molar-refractivity contribution in [1.29, 1.82) is 0 Å². The lowest BCUT2D eigenvalue weighted by Crippen LogP contribution is -2.44. The molecule has 5 heterocycles. The van der Waals surface area contributed by atoms with Gasteiger partial charge in [-0.15, -0.1) is 0 Å². The summed E-state index contributed by atoms with van der Waals surface area (Å²) in [6.07, 6.45) is 7.20. The molecule has 5 aliphatic rings. The number of hydrogen-bond acceptors (Lipinski definition) is 13. The molecule has 418 valence electrons. The smallest absolute Gasteiger partial charge is 0.276 e. The molecule has 3 atom stereocenters. The van der Waals surface area contributed by atoms with Crippen LogP contribution in [0.5, 0.6) is 17.2 Å². The van der Waals surface area contributed by atoms with Crippen molar-refractivity contribution in [2.75, 3.05) is 41.1 Å². The molecule has 0 spiro atoms. The lowest BCUT2D eigenvalue weighted by atomic mass is 9.98. The predicted molar refractivity (Wildman–Crippen MR) is 308 cm³/mol. The molecule has 5 aliphatic heterocycles. The second-order valence-corrected chi connectivity index (χ2v) is 26.1. The Balaban J connectivity index is 0.810. The van der Waals surface area contributed by atoms with Crippen LogP contribution in [-0.4, -0.2) is 101 Å². The van der Waals surface area contributed by atoms with Crippen molar-refractivity contribution < 1.29 is 55.9 Å². The molecule has 20 heteroatoms. The molecular weight excluding hydrogens is 1080 g/mol. The van der Waals surface area contributed by atoms with Gasteiger partial charge in [-0.05, 0) is 166 Å². The summed E-state index contributed by atoms with van der Waals surface area (Å²) in [5, 5.41) is 3.72. The van der Waals surface area contributed by atoms with Crippen LogP contribution < -0.4 is 34.6 Å². The van der Waals surface area contributed by atoms with E-state index in [9.17, 15) is 41.7 Å². The van der Waals surface area contributed by atoms with E-state index in [4.69, 9.17) is 14.2 Å². The maximum atomic E-state index is 14.2. The first-order chi connectivity index (χ1) is 38.3. The number of fused-ring (bicyclic) bond motifs is 8. The molecule has 0 saturated heterocycles. The van der Waals surface area contributed by atoms with E-state index in [1.807, 2.05) is 103 Å². The van der Waals surface area contributed by atoms with E-state index in [-0.39, 0.29) is 74.7 Å². The van der Waals surface area contributed by atoms with Crippen LogP contribution in [0, 0.1) is 6.92 Å². The molecule has 80 heavy (non-hydrogen) atoms. The van der Waals surface area contributed by atoms with E-state index < -0.39 is 37.8 Å². The number of methoxy groups -OCH3 is 1. The van der Waals surface area contributed by atoms with E-state index in [1.165, 1.54) is 27.2 Å². The highest BCUT2D eigenvalue weighted by molar-refractivity contribution is 8.77. The zero-order valence-electron chi connectivity index (χ0n) is 45.0. The predicted octanol–water partition coefficient (Wildman–Crippen LogP) is 8.76. The van der Waals surface area contributed by atoms with Gasteiger partial charge in [0.15, 0.2) is 16.7 Å². The Bertz CT molecular complexity index is 3440. The number of hydrogen-bond donors (Lipinski definition) is 3. The van der Waals surface area contributed by atoms with Gasteiger partial charge in [0.25, 0.3) is 33.7 Å². The molecule has 0 aromatic heterocycles. The van der Waals surface area contributed by atoms with E-state index in [0.29, 0.717) is 46.9 Å². The number of amides is 6. The summed E-state index contributed by atoms with van der Waals surface area (Å²) >= 11 is 0. The minimum absolute atomic E-state index is 0.00426. The van der Waals surface area contributed by atoms with Crippen molar-refractivity contribution in [1.82, 2.24) is 10.2 Å². The fraction of sp³-hybridized carbons (Fsp3) is 0.367. The first kappa shape index (κ1) is 56.2. The third kappa shape index (κ3) is 12.3. The number of aryl methyl sites for hydroxylation is 3. The first-order valence-corrected chi connectivity index (χ1v) is 30.6. The summed E-state index contributed by atoms with van der Waals surface area (Å²) in [4.78, 5) is 83.4. The van der Waals surface area contributed by atoms with Crippen LogP contribution in [0.15, 0.2) is 103 Å². The lowest BCUT2D eigenvalue weighted by Gasteiger charge is -2.23. The fourth-order valence-electron chi connectivity index (χ4n) is 11.2. The number of benzene rings is 5. The molecule has 0 saturated carbocycles. The molecule has 0 fully saturated rings. The third-order valence-corrected chi connectivity index (χ3v) is 19.9. The van der Waals surface area contributed by atoms with Gasteiger partial charge in [0, 0.05) is 82.4 Å². The topological polar surface area (TPSA) is 218 Å². The van der Waals surface area contributed by atoms with Crippen molar-refractivity contribution in [3.8, 4) is 17.2 Å². The zero-order valence-corrected chi connectivity index (χ0v) is 47.4. The maximum Gasteiger partial charge on any atom is 0.276 e. The Hall–Kier alpha value is -7.13. The Kier molecular flexibility index (Phi) is 16.5. The minimum atomic E-state index is -4.78. The monoisotopic (exact) mass is 1140 g/mol. The number of nitrogens with one attached hydrogen (secondary N) is 2. The molecular formula is C60H63N5O12S3. The SMILES string of the molecule is COc1cc2c(cc1OCc1cc(COc3cc4c(cc3C)C(=O)N3c5ccccc5C[C@H]3CC4)cc(NC(=O)CCC(C)(C)SSCCC(C(=O)NCCN3C(=O)C=CC3=O)S(=O)(=O)O)c1)CC[C@@H]1Cc3ccccc3N1C2=O.